The molecule has 0 N–H and O–H groups in total. The van der Waals surface area contributed by atoms with Crippen molar-refractivity contribution in [1.29, 1.82) is 0 Å². The Labute approximate surface area is 144 Å². The number of rotatable bonds is 3. The molecule has 0 spiro atoms. The number of imide groups is 1. The van der Waals surface area contributed by atoms with E-state index in [0.29, 0.717) is 23.1 Å². The first-order valence-electron chi connectivity index (χ1n) is 8.82. The first kappa shape index (κ1) is 16.7. The minimum absolute atomic E-state index is 0.138. The van der Waals surface area contributed by atoms with E-state index in [0.717, 1.165) is 18.7 Å². The molecule has 1 saturated heterocycles. The standard InChI is InChI=1S/C20H26N2O2/c1-13(2)22-19(23)17(16-8-6-5-7-9-16)18(20(22)24)21-11-14(3)10-15(4)12-21/h5-9,13-15H,10-12H2,1-4H3. The van der Waals surface area contributed by atoms with E-state index in [1.54, 1.807) is 0 Å². The van der Waals surface area contributed by atoms with Crippen LogP contribution in [0.2, 0.25) is 0 Å². The van der Waals surface area contributed by atoms with Crippen molar-refractivity contribution < 1.29 is 9.59 Å². The topological polar surface area (TPSA) is 40.6 Å². The summed E-state index contributed by atoms with van der Waals surface area (Å²) < 4.78 is 0. The highest BCUT2D eigenvalue weighted by Gasteiger charge is 2.43. The molecule has 2 heterocycles. The fourth-order valence-electron chi connectivity index (χ4n) is 4.01. The molecule has 4 heteroatoms. The third-order valence-corrected chi connectivity index (χ3v) is 4.85. The van der Waals surface area contributed by atoms with E-state index in [-0.39, 0.29) is 17.9 Å². The van der Waals surface area contributed by atoms with Crippen molar-refractivity contribution in [3.05, 3.63) is 41.6 Å². The Balaban J connectivity index is 2.10. The summed E-state index contributed by atoms with van der Waals surface area (Å²) in [4.78, 5) is 29.6. The Morgan fingerprint density at radius 1 is 0.958 bits per heavy atom. The van der Waals surface area contributed by atoms with Gasteiger partial charge in [0.25, 0.3) is 11.8 Å². The SMILES string of the molecule is CC1CC(C)CN(C2=C(c3ccccc3)C(=O)N(C(C)C)C2=O)C1. The second-order valence-corrected chi connectivity index (χ2v) is 7.51. The van der Waals surface area contributed by atoms with E-state index < -0.39 is 0 Å². The summed E-state index contributed by atoms with van der Waals surface area (Å²) in [6.07, 6.45) is 1.17. The number of hydrogen-bond donors (Lipinski definition) is 0. The lowest BCUT2D eigenvalue weighted by molar-refractivity contribution is -0.139. The molecule has 0 radical (unpaired) electrons. The van der Waals surface area contributed by atoms with Crippen LogP contribution >= 0.6 is 0 Å². The van der Waals surface area contributed by atoms with Gasteiger partial charge in [-0.2, -0.15) is 0 Å². The molecule has 2 aliphatic heterocycles. The molecule has 1 fully saturated rings. The number of piperidine rings is 1. The van der Waals surface area contributed by atoms with Gasteiger partial charge in [-0.1, -0.05) is 44.2 Å². The maximum absolute atomic E-state index is 13.1. The van der Waals surface area contributed by atoms with Crippen LogP contribution in [0.4, 0.5) is 0 Å². The Bertz CT molecular complexity index is 668. The van der Waals surface area contributed by atoms with Crippen LogP contribution in [-0.2, 0) is 9.59 Å². The molecule has 1 aromatic rings. The van der Waals surface area contributed by atoms with Gasteiger partial charge in [-0.15, -0.1) is 0 Å². The largest absolute Gasteiger partial charge is 0.366 e. The lowest BCUT2D eigenvalue weighted by Gasteiger charge is -2.37. The van der Waals surface area contributed by atoms with Crippen molar-refractivity contribution in [1.82, 2.24) is 9.80 Å². The van der Waals surface area contributed by atoms with E-state index in [4.69, 9.17) is 0 Å². The maximum Gasteiger partial charge on any atom is 0.278 e. The van der Waals surface area contributed by atoms with Gasteiger partial charge in [0, 0.05) is 19.1 Å². The molecule has 128 valence electrons. The number of carbonyl (C=O) groups is 2. The monoisotopic (exact) mass is 326 g/mol. The van der Waals surface area contributed by atoms with Crippen molar-refractivity contribution in [2.24, 2.45) is 11.8 Å². The first-order chi connectivity index (χ1) is 11.4. The number of nitrogens with zero attached hydrogens (tertiary/aromatic N) is 2. The fraction of sp³-hybridized carbons (Fsp3) is 0.500. The van der Waals surface area contributed by atoms with E-state index in [9.17, 15) is 9.59 Å². The lowest BCUT2D eigenvalue weighted by atomic mass is 9.91. The summed E-state index contributed by atoms with van der Waals surface area (Å²) in [5.41, 5.74) is 1.99. The number of likely N-dealkylation sites (tertiary alicyclic amines) is 1. The highest BCUT2D eigenvalue weighted by molar-refractivity contribution is 6.35. The number of benzene rings is 1. The molecule has 2 atom stereocenters. The van der Waals surface area contributed by atoms with Gasteiger partial charge in [0.05, 0.1) is 5.57 Å². The van der Waals surface area contributed by atoms with Crippen molar-refractivity contribution in [2.75, 3.05) is 13.1 Å². The molecule has 2 amide bonds. The molecule has 0 aromatic heterocycles. The normalized spacial score (nSPS) is 25.2. The summed E-state index contributed by atoms with van der Waals surface area (Å²) >= 11 is 0. The summed E-state index contributed by atoms with van der Waals surface area (Å²) in [6.45, 7) is 9.88. The smallest absolute Gasteiger partial charge is 0.278 e. The van der Waals surface area contributed by atoms with Gasteiger partial charge in [0.1, 0.15) is 5.70 Å². The lowest BCUT2D eigenvalue weighted by Crippen LogP contribution is -2.43. The highest BCUT2D eigenvalue weighted by atomic mass is 16.2. The van der Waals surface area contributed by atoms with Crippen LogP contribution in [0.5, 0.6) is 0 Å². The molecule has 0 bridgehead atoms. The fourth-order valence-corrected chi connectivity index (χ4v) is 4.01. The number of carbonyl (C=O) groups excluding carboxylic acids is 2. The van der Waals surface area contributed by atoms with Crippen LogP contribution in [0.25, 0.3) is 5.57 Å². The summed E-state index contributed by atoms with van der Waals surface area (Å²) in [5, 5.41) is 0. The Kier molecular flexibility index (Phi) is 4.48. The maximum atomic E-state index is 13.1. The van der Waals surface area contributed by atoms with Gasteiger partial charge in [-0.3, -0.25) is 14.5 Å². The Morgan fingerprint density at radius 3 is 2.08 bits per heavy atom. The van der Waals surface area contributed by atoms with Crippen LogP contribution in [0, 0.1) is 11.8 Å². The molecule has 0 aliphatic carbocycles. The van der Waals surface area contributed by atoms with E-state index >= 15 is 0 Å². The van der Waals surface area contributed by atoms with Gasteiger partial charge in [0.2, 0.25) is 0 Å². The Morgan fingerprint density at radius 2 is 1.54 bits per heavy atom. The molecule has 1 aromatic carbocycles. The summed E-state index contributed by atoms with van der Waals surface area (Å²) in [6, 6.07) is 9.45. The van der Waals surface area contributed by atoms with Crippen LogP contribution < -0.4 is 0 Å². The zero-order valence-electron chi connectivity index (χ0n) is 15.0. The highest BCUT2D eigenvalue weighted by Crippen LogP contribution is 2.35. The molecule has 2 aliphatic rings. The third kappa shape index (κ3) is 2.85. The predicted octanol–water partition coefficient (Wildman–Crippen LogP) is 3.15. The van der Waals surface area contributed by atoms with Crippen molar-refractivity contribution in [3.63, 3.8) is 0 Å². The van der Waals surface area contributed by atoms with Gasteiger partial charge in [-0.05, 0) is 37.7 Å². The van der Waals surface area contributed by atoms with E-state index in [1.165, 1.54) is 11.3 Å². The second-order valence-electron chi connectivity index (χ2n) is 7.51. The first-order valence-corrected chi connectivity index (χ1v) is 8.82. The molecule has 2 unspecified atom stereocenters. The summed E-state index contributed by atoms with van der Waals surface area (Å²) in [7, 11) is 0. The van der Waals surface area contributed by atoms with Crippen LogP contribution in [0.3, 0.4) is 0 Å². The van der Waals surface area contributed by atoms with Crippen LogP contribution in [0.1, 0.15) is 39.7 Å². The van der Waals surface area contributed by atoms with Gasteiger partial charge >= 0.3 is 0 Å². The van der Waals surface area contributed by atoms with Crippen LogP contribution in [-0.4, -0.2) is 40.7 Å². The van der Waals surface area contributed by atoms with Crippen molar-refractivity contribution in [2.45, 2.75) is 40.2 Å². The molecule has 4 nitrogen and oxygen atoms in total. The van der Waals surface area contributed by atoms with Gasteiger partial charge in [-0.25, -0.2) is 0 Å². The molecular formula is C20H26N2O2. The van der Waals surface area contributed by atoms with Crippen molar-refractivity contribution in [3.8, 4) is 0 Å². The number of hydrogen-bond acceptors (Lipinski definition) is 3. The number of amides is 2. The van der Waals surface area contributed by atoms with Crippen molar-refractivity contribution >= 4 is 17.4 Å². The average molecular weight is 326 g/mol. The minimum Gasteiger partial charge on any atom is -0.366 e. The quantitative estimate of drug-likeness (QED) is 0.801. The molecule has 0 saturated carbocycles. The zero-order chi connectivity index (χ0) is 17.4. The Hall–Kier alpha value is -2.10. The van der Waals surface area contributed by atoms with Gasteiger partial charge in [0.15, 0.2) is 0 Å². The third-order valence-electron chi connectivity index (χ3n) is 4.85. The summed E-state index contributed by atoms with van der Waals surface area (Å²) in [5.74, 6) is 0.737. The second kappa shape index (κ2) is 6.42. The van der Waals surface area contributed by atoms with E-state index in [1.807, 2.05) is 44.2 Å². The molecular weight excluding hydrogens is 300 g/mol. The molecule has 24 heavy (non-hydrogen) atoms. The molecule has 3 rings (SSSR count). The predicted molar refractivity (Wildman–Crippen MR) is 94.9 cm³/mol. The minimum atomic E-state index is -0.165. The van der Waals surface area contributed by atoms with Gasteiger partial charge < -0.3 is 4.90 Å². The average Bonchev–Trinajstić information content (AvgIpc) is 2.78. The van der Waals surface area contributed by atoms with E-state index in [2.05, 4.69) is 18.7 Å². The zero-order valence-corrected chi connectivity index (χ0v) is 15.0. The van der Waals surface area contributed by atoms with Crippen LogP contribution in [0.15, 0.2) is 36.0 Å².